The molecule has 2 atom stereocenters. The SMILES string of the molecule is C[C@@H]1CN(S(=O)(=O)N2CCN(C(=O)c3ccccc3Cl)CC2)C[C@@H](C)O1. The van der Waals surface area contributed by atoms with Gasteiger partial charge in [0.2, 0.25) is 0 Å². The zero-order chi connectivity index (χ0) is 18.9. The lowest BCUT2D eigenvalue weighted by atomic mass is 10.2. The van der Waals surface area contributed by atoms with Gasteiger partial charge in [0.05, 0.1) is 22.8 Å². The molecule has 3 rings (SSSR count). The second-order valence-electron chi connectivity index (χ2n) is 6.75. The van der Waals surface area contributed by atoms with Crippen molar-refractivity contribution in [1.29, 1.82) is 0 Å². The largest absolute Gasteiger partial charge is 0.373 e. The van der Waals surface area contributed by atoms with Crippen LogP contribution in [0.25, 0.3) is 0 Å². The summed E-state index contributed by atoms with van der Waals surface area (Å²) in [6, 6.07) is 6.90. The molecule has 0 aliphatic carbocycles. The molecule has 1 aromatic rings. The van der Waals surface area contributed by atoms with Gasteiger partial charge >= 0.3 is 0 Å². The Kier molecular flexibility index (Phi) is 5.88. The highest BCUT2D eigenvalue weighted by Crippen LogP contribution is 2.21. The number of hydrogen-bond acceptors (Lipinski definition) is 4. The number of piperazine rings is 1. The molecule has 9 heteroatoms. The monoisotopic (exact) mass is 401 g/mol. The van der Waals surface area contributed by atoms with Crippen molar-refractivity contribution in [2.75, 3.05) is 39.3 Å². The van der Waals surface area contributed by atoms with Crippen LogP contribution < -0.4 is 0 Å². The molecule has 2 aliphatic rings. The van der Waals surface area contributed by atoms with E-state index in [2.05, 4.69) is 0 Å². The maximum absolute atomic E-state index is 12.9. The lowest BCUT2D eigenvalue weighted by Crippen LogP contribution is -2.57. The van der Waals surface area contributed by atoms with E-state index in [9.17, 15) is 13.2 Å². The highest BCUT2D eigenvalue weighted by atomic mass is 35.5. The van der Waals surface area contributed by atoms with E-state index in [4.69, 9.17) is 16.3 Å². The summed E-state index contributed by atoms with van der Waals surface area (Å²) in [6.07, 6.45) is -0.256. The molecule has 2 heterocycles. The summed E-state index contributed by atoms with van der Waals surface area (Å²) >= 11 is 6.10. The van der Waals surface area contributed by atoms with Crippen molar-refractivity contribution in [3.8, 4) is 0 Å². The van der Waals surface area contributed by atoms with Gasteiger partial charge in [0, 0.05) is 39.3 Å². The molecular weight excluding hydrogens is 378 g/mol. The van der Waals surface area contributed by atoms with Crippen LogP contribution in [-0.4, -0.2) is 79.3 Å². The van der Waals surface area contributed by atoms with Gasteiger partial charge in [-0.2, -0.15) is 17.0 Å². The van der Waals surface area contributed by atoms with Crippen LogP contribution in [0.4, 0.5) is 0 Å². The first kappa shape index (κ1) is 19.6. The van der Waals surface area contributed by atoms with Gasteiger partial charge in [-0.15, -0.1) is 0 Å². The number of hydrogen-bond donors (Lipinski definition) is 0. The van der Waals surface area contributed by atoms with Crippen LogP contribution in [-0.2, 0) is 14.9 Å². The summed E-state index contributed by atoms with van der Waals surface area (Å²) in [5, 5.41) is 0.406. The van der Waals surface area contributed by atoms with E-state index in [1.807, 2.05) is 13.8 Å². The highest BCUT2D eigenvalue weighted by Gasteiger charge is 2.37. The Bertz CT molecular complexity index is 755. The van der Waals surface area contributed by atoms with Crippen LogP contribution in [0.2, 0.25) is 5.02 Å². The predicted molar refractivity (Wildman–Crippen MR) is 99.4 cm³/mol. The van der Waals surface area contributed by atoms with Crippen molar-refractivity contribution in [3.05, 3.63) is 34.9 Å². The number of ether oxygens (including phenoxy) is 1. The summed E-state index contributed by atoms with van der Waals surface area (Å²) in [7, 11) is -3.55. The van der Waals surface area contributed by atoms with Crippen LogP contribution in [0.3, 0.4) is 0 Å². The number of nitrogens with zero attached hydrogens (tertiary/aromatic N) is 3. The van der Waals surface area contributed by atoms with Gasteiger partial charge < -0.3 is 9.64 Å². The quantitative estimate of drug-likeness (QED) is 0.768. The molecule has 0 aromatic heterocycles. The summed E-state index contributed by atoms with van der Waals surface area (Å²) in [4.78, 5) is 14.3. The van der Waals surface area contributed by atoms with E-state index >= 15 is 0 Å². The third-order valence-electron chi connectivity index (χ3n) is 4.67. The number of carbonyl (C=O) groups excluding carboxylic acids is 1. The standard InChI is InChI=1S/C17H24ClN3O4S/c1-13-11-21(12-14(2)25-13)26(23,24)20-9-7-19(8-10-20)17(22)15-5-3-4-6-16(15)18/h3-6,13-14H,7-12H2,1-2H3/t13-,14-/m1/s1. The molecule has 0 bridgehead atoms. The van der Waals surface area contributed by atoms with Crippen LogP contribution in [0, 0.1) is 0 Å². The number of benzene rings is 1. The Labute approximate surface area is 159 Å². The maximum atomic E-state index is 12.9. The molecule has 26 heavy (non-hydrogen) atoms. The molecule has 7 nitrogen and oxygen atoms in total. The van der Waals surface area contributed by atoms with Gasteiger partial charge in [-0.05, 0) is 26.0 Å². The van der Waals surface area contributed by atoms with Crippen molar-refractivity contribution in [1.82, 2.24) is 13.5 Å². The van der Waals surface area contributed by atoms with Crippen molar-refractivity contribution in [3.63, 3.8) is 0 Å². The molecule has 0 unspecified atom stereocenters. The Morgan fingerprint density at radius 2 is 1.62 bits per heavy atom. The molecular formula is C17H24ClN3O4S. The second kappa shape index (κ2) is 7.82. The van der Waals surface area contributed by atoms with E-state index in [1.165, 1.54) is 8.61 Å². The van der Waals surface area contributed by atoms with E-state index in [1.54, 1.807) is 29.2 Å². The van der Waals surface area contributed by atoms with Crippen molar-refractivity contribution >= 4 is 27.7 Å². The fourth-order valence-electron chi connectivity index (χ4n) is 3.41. The fraction of sp³-hybridized carbons (Fsp3) is 0.588. The van der Waals surface area contributed by atoms with E-state index in [0.717, 1.165) is 0 Å². The van der Waals surface area contributed by atoms with Crippen LogP contribution in [0.1, 0.15) is 24.2 Å². The maximum Gasteiger partial charge on any atom is 0.282 e. The summed E-state index contributed by atoms with van der Waals surface area (Å²) in [5.74, 6) is -0.165. The number of carbonyl (C=O) groups is 1. The smallest absolute Gasteiger partial charge is 0.282 e. The average molecular weight is 402 g/mol. The van der Waals surface area contributed by atoms with Gasteiger partial charge in [-0.25, -0.2) is 0 Å². The summed E-state index contributed by atoms with van der Waals surface area (Å²) in [6.45, 7) is 5.70. The molecule has 1 aromatic carbocycles. The number of rotatable bonds is 3. The Balaban J connectivity index is 1.64. The molecule has 2 aliphatic heterocycles. The Morgan fingerprint density at radius 1 is 1.04 bits per heavy atom. The minimum Gasteiger partial charge on any atom is -0.373 e. The van der Waals surface area contributed by atoms with Crippen LogP contribution >= 0.6 is 11.6 Å². The summed E-state index contributed by atoms with van der Waals surface area (Å²) < 4.78 is 34.4. The summed E-state index contributed by atoms with van der Waals surface area (Å²) in [5.41, 5.74) is 0.446. The first-order valence-corrected chi connectivity index (χ1v) is 10.5. The normalized spacial score (nSPS) is 26.0. The topological polar surface area (TPSA) is 70.2 Å². The number of morpholine rings is 1. The molecule has 0 saturated carbocycles. The average Bonchev–Trinajstić information content (AvgIpc) is 2.61. The molecule has 0 N–H and O–H groups in total. The molecule has 2 fully saturated rings. The zero-order valence-electron chi connectivity index (χ0n) is 15.0. The lowest BCUT2D eigenvalue weighted by Gasteiger charge is -2.40. The molecule has 2 saturated heterocycles. The van der Waals surface area contributed by atoms with Crippen molar-refractivity contribution < 1.29 is 17.9 Å². The van der Waals surface area contributed by atoms with Crippen molar-refractivity contribution in [2.45, 2.75) is 26.1 Å². The van der Waals surface area contributed by atoms with Crippen LogP contribution in [0.15, 0.2) is 24.3 Å². The first-order chi connectivity index (χ1) is 12.3. The number of amides is 1. The highest BCUT2D eigenvalue weighted by molar-refractivity contribution is 7.86. The van der Waals surface area contributed by atoms with Gasteiger partial charge in [-0.3, -0.25) is 4.79 Å². The minimum absolute atomic E-state index is 0.128. The van der Waals surface area contributed by atoms with E-state index in [-0.39, 0.29) is 31.2 Å². The second-order valence-corrected chi connectivity index (χ2v) is 9.09. The van der Waals surface area contributed by atoms with Gasteiger partial charge in [0.15, 0.2) is 0 Å². The first-order valence-electron chi connectivity index (χ1n) is 8.73. The van der Waals surface area contributed by atoms with Gasteiger partial charge in [0.1, 0.15) is 0 Å². The molecule has 144 valence electrons. The van der Waals surface area contributed by atoms with Crippen molar-refractivity contribution in [2.24, 2.45) is 0 Å². The Hall–Kier alpha value is -1.19. The molecule has 1 amide bonds. The lowest BCUT2D eigenvalue weighted by molar-refractivity contribution is -0.0457. The van der Waals surface area contributed by atoms with Gasteiger partial charge in [0.25, 0.3) is 16.1 Å². The molecule has 0 spiro atoms. The Morgan fingerprint density at radius 3 is 2.19 bits per heavy atom. The van der Waals surface area contributed by atoms with E-state index < -0.39 is 10.2 Å². The predicted octanol–water partition coefficient (Wildman–Crippen LogP) is 1.45. The third-order valence-corrected chi connectivity index (χ3v) is 6.97. The minimum atomic E-state index is -3.55. The fourth-order valence-corrected chi connectivity index (χ4v) is 5.37. The third kappa shape index (κ3) is 4.04. The van der Waals surface area contributed by atoms with E-state index in [0.29, 0.717) is 36.8 Å². The zero-order valence-corrected chi connectivity index (χ0v) is 16.5. The van der Waals surface area contributed by atoms with Crippen LogP contribution in [0.5, 0.6) is 0 Å². The number of halogens is 1. The van der Waals surface area contributed by atoms with Gasteiger partial charge in [-0.1, -0.05) is 23.7 Å². The molecule has 0 radical (unpaired) electrons.